The van der Waals surface area contributed by atoms with Crippen LogP contribution in [0.1, 0.15) is 38.2 Å². The van der Waals surface area contributed by atoms with Crippen molar-refractivity contribution in [1.29, 1.82) is 0 Å². The Kier molecular flexibility index (Phi) is 5.67. The van der Waals surface area contributed by atoms with Gasteiger partial charge in [0.2, 0.25) is 11.2 Å². The molecule has 1 aromatic heterocycles. The van der Waals surface area contributed by atoms with Gasteiger partial charge in [-0.3, -0.25) is 4.79 Å². The summed E-state index contributed by atoms with van der Waals surface area (Å²) >= 11 is 5.61. The molecule has 0 bridgehead atoms. The Morgan fingerprint density at radius 1 is 1.43 bits per heavy atom. The molecule has 1 aliphatic carbocycles. The lowest BCUT2D eigenvalue weighted by atomic mass is 10.0. The fourth-order valence-corrected chi connectivity index (χ4v) is 2.81. The number of hydrogen-bond acceptors (Lipinski definition) is 4. The van der Waals surface area contributed by atoms with Gasteiger partial charge in [0.1, 0.15) is 11.4 Å². The second-order valence-electron chi connectivity index (χ2n) is 5.48. The van der Waals surface area contributed by atoms with Gasteiger partial charge in [-0.25, -0.2) is 9.97 Å². The topological polar surface area (TPSA) is 66.9 Å². The first-order chi connectivity index (χ1) is 10.8. The largest absolute Gasteiger partial charge is 0.421 e. The van der Waals surface area contributed by atoms with Crippen LogP contribution in [0.2, 0.25) is 5.28 Å². The molecule has 0 unspecified atom stereocenters. The number of carbonyl (C=O) groups is 1. The average molecular weight is 351 g/mol. The van der Waals surface area contributed by atoms with Crippen LogP contribution in [-0.2, 0) is 11.0 Å². The molecule has 128 valence electrons. The minimum absolute atomic E-state index is 0.143. The normalized spacial score (nSPS) is 21.3. The van der Waals surface area contributed by atoms with Gasteiger partial charge in [0, 0.05) is 18.8 Å². The van der Waals surface area contributed by atoms with E-state index in [2.05, 4.69) is 20.6 Å². The fraction of sp³-hybridized carbons (Fsp3) is 0.643. The maximum atomic E-state index is 13.0. The van der Waals surface area contributed by atoms with Crippen molar-refractivity contribution >= 4 is 23.3 Å². The Hall–Kier alpha value is -1.57. The van der Waals surface area contributed by atoms with Gasteiger partial charge in [-0.1, -0.05) is 13.3 Å². The molecule has 1 aliphatic rings. The smallest absolute Gasteiger partial charge is 0.366 e. The average Bonchev–Trinajstić information content (AvgIpc) is 2.91. The molecular weight excluding hydrogens is 333 g/mol. The summed E-state index contributed by atoms with van der Waals surface area (Å²) in [7, 11) is 0. The summed E-state index contributed by atoms with van der Waals surface area (Å²) < 4.78 is 39.1. The highest BCUT2D eigenvalue weighted by Gasteiger charge is 2.38. The first-order valence-corrected chi connectivity index (χ1v) is 7.84. The Morgan fingerprint density at radius 3 is 2.83 bits per heavy atom. The summed E-state index contributed by atoms with van der Waals surface area (Å²) in [5.41, 5.74) is -0.985. The molecule has 5 nitrogen and oxygen atoms in total. The van der Waals surface area contributed by atoms with Gasteiger partial charge < -0.3 is 10.6 Å². The van der Waals surface area contributed by atoms with Crippen LogP contribution >= 0.6 is 11.6 Å². The van der Waals surface area contributed by atoms with Crippen LogP contribution in [0.4, 0.5) is 19.0 Å². The van der Waals surface area contributed by atoms with Crippen LogP contribution in [0.5, 0.6) is 0 Å². The molecular formula is C14H18ClF3N4O. The summed E-state index contributed by atoms with van der Waals surface area (Å²) in [6, 6.07) is -0.404. The predicted molar refractivity (Wildman–Crippen MR) is 80.1 cm³/mol. The molecule has 0 aliphatic heterocycles. The summed E-state index contributed by atoms with van der Waals surface area (Å²) in [6.45, 7) is 2.48. The van der Waals surface area contributed by atoms with E-state index in [-0.39, 0.29) is 22.9 Å². The number of amides is 1. The van der Waals surface area contributed by atoms with Crippen molar-refractivity contribution < 1.29 is 18.0 Å². The molecule has 2 atom stereocenters. The molecule has 1 heterocycles. The molecule has 1 aromatic rings. The molecule has 0 spiro atoms. The Labute approximate surface area is 137 Å². The number of alkyl halides is 3. The second kappa shape index (κ2) is 7.33. The van der Waals surface area contributed by atoms with Crippen molar-refractivity contribution in [2.75, 3.05) is 11.9 Å². The van der Waals surface area contributed by atoms with Crippen LogP contribution in [0.25, 0.3) is 0 Å². The highest BCUT2D eigenvalue weighted by molar-refractivity contribution is 6.28. The van der Waals surface area contributed by atoms with Crippen LogP contribution in [0.15, 0.2) is 6.20 Å². The lowest BCUT2D eigenvalue weighted by Gasteiger charge is -2.22. The maximum Gasteiger partial charge on any atom is 0.421 e. The number of nitrogens with one attached hydrogen (secondary N) is 2. The van der Waals surface area contributed by atoms with Crippen LogP contribution in [0, 0.1) is 5.92 Å². The van der Waals surface area contributed by atoms with Gasteiger partial charge in [0.25, 0.3) is 0 Å². The number of hydrogen-bond donors (Lipinski definition) is 2. The van der Waals surface area contributed by atoms with E-state index in [1.54, 1.807) is 0 Å². The lowest BCUT2D eigenvalue weighted by molar-refractivity contribution is -0.137. The van der Waals surface area contributed by atoms with E-state index < -0.39 is 17.8 Å². The minimum atomic E-state index is -4.59. The van der Waals surface area contributed by atoms with E-state index in [1.807, 2.05) is 6.92 Å². The summed E-state index contributed by atoms with van der Waals surface area (Å²) in [5, 5.41) is 5.26. The third-order valence-electron chi connectivity index (χ3n) is 3.79. The van der Waals surface area contributed by atoms with E-state index in [0.29, 0.717) is 25.6 Å². The molecule has 1 fully saturated rings. The highest BCUT2D eigenvalue weighted by atomic mass is 35.5. The van der Waals surface area contributed by atoms with Crippen molar-refractivity contribution in [3.05, 3.63) is 17.0 Å². The first kappa shape index (κ1) is 17.8. The fourth-order valence-electron chi connectivity index (χ4n) is 2.68. The van der Waals surface area contributed by atoms with E-state index in [1.165, 1.54) is 0 Å². The molecule has 2 N–H and O–H groups in total. The Morgan fingerprint density at radius 2 is 2.17 bits per heavy atom. The molecule has 2 rings (SSSR count). The van der Waals surface area contributed by atoms with Crippen molar-refractivity contribution in [3.63, 3.8) is 0 Å². The zero-order valence-corrected chi connectivity index (χ0v) is 13.3. The van der Waals surface area contributed by atoms with Gasteiger partial charge in [0.05, 0.1) is 5.92 Å². The van der Waals surface area contributed by atoms with Gasteiger partial charge in [-0.15, -0.1) is 0 Å². The van der Waals surface area contributed by atoms with Crippen molar-refractivity contribution in [2.45, 2.75) is 44.8 Å². The second-order valence-corrected chi connectivity index (χ2v) is 5.82. The third-order valence-corrected chi connectivity index (χ3v) is 3.97. The van der Waals surface area contributed by atoms with Gasteiger partial charge in [-0.05, 0) is 30.9 Å². The Bertz CT molecular complexity index is 567. The van der Waals surface area contributed by atoms with Crippen LogP contribution in [-0.4, -0.2) is 28.5 Å². The van der Waals surface area contributed by atoms with Crippen molar-refractivity contribution in [1.82, 2.24) is 15.3 Å². The third kappa shape index (κ3) is 4.46. The quantitative estimate of drug-likeness (QED) is 0.800. The summed E-state index contributed by atoms with van der Waals surface area (Å²) in [6.07, 6.45) is -1.14. The molecule has 9 heteroatoms. The van der Waals surface area contributed by atoms with Crippen LogP contribution < -0.4 is 10.6 Å². The molecule has 1 amide bonds. The van der Waals surface area contributed by atoms with E-state index in [0.717, 1.165) is 12.8 Å². The minimum Gasteiger partial charge on any atom is -0.366 e. The van der Waals surface area contributed by atoms with Gasteiger partial charge in [-0.2, -0.15) is 13.2 Å². The van der Waals surface area contributed by atoms with Gasteiger partial charge in [0.15, 0.2) is 0 Å². The number of rotatable bonds is 5. The SMILES string of the molecule is CCCNC(=O)[C@H]1CCC[C@H]1Nc1nc(Cl)ncc1C(F)(F)F. The number of anilines is 1. The zero-order chi connectivity index (χ0) is 17.0. The summed E-state index contributed by atoms with van der Waals surface area (Å²) in [5.74, 6) is -0.898. The van der Waals surface area contributed by atoms with Crippen molar-refractivity contribution in [3.8, 4) is 0 Å². The number of carbonyl (C=O) groups excluding carboxylic acids is 1. The van der Waals surface area contributed by atoms with E-state index in [9.17, 15) is 18.0 Å². The standard InChI is InChI=1S/C14H18ClF3N4O/c1-2-6-19-12(23)8-4-3-5-10(8)21-11-9(14(16,17)18)7-20-13(15)22-11/h7-8,10H,2-6H2,1H3,(H,19,23)(H,20,21,22)/t8-,10+/m0/s1. The Balaban J connectivity index is 2.17. The molecule has 1 saturated carbocycles. The highest BCUT2D eigenvalue weighted by Crippen LogP contribution is 2.36. The first-order valence-electron chi connectivity index (χ1n) is 7.47. The number of nitrogens with zero attached hydrogens (tertiary/aromatic N) is 2. The van der Waals surface area contributed by atoms with E-state index >= 15 is 0 Å². The number of aromatic nitrogens is 2. The van der Waals surface area contributed by atoms with Crippen LogP contribution in [0.3, 0.4) is 0 Å². The maximum absolute atomic E-state index is 13.0. The molecule has 0 saturated heterocycles. The monoisotopic (exact) mass is 350 g/mol. The van der Waals surface area contributed by atoms with Gasteiger partial charge >= 0.3 is 6.18 Å². The van der Waals surface area contributed by atoms with E-state index in [4.69, 9.17) is 11.6 Å². The zero-order valence-electron chi connectivity index (χ0n) is 12.6. The molecule has 0 aromatic carbocycles. The summed E-state index contributed by atoms with van der Waals surface area (Å²) in [4.78, 5) is 19.2. The predicted octanol–water partition coefficient (Wildman–Crippen LogP) is 3.26. The molecule has 0 radical (unpaired) electrons. The lowest BCUT2D eigenvalue weighted by Crippen LogP contribution is -2.38. The number of halogens is 4. The molecule has 23 heavy (non-hydrogen) atoms. The van der Waals surface area contributed by atoms with Crippen molar-refractivity contribution in [2.24, 2.45) is 5.92 Å².